The number of carbonyl (C=O) groups excluding carboxylic acids is 2. The van der Waals surface area contributed by atoms with Crippen LogP contribution in [0.5, 0.6) is 0 Å². The third-order valence-electron chi connectivity index (χ3n) is 4.15. The molecule has 1 heterocycles. The number of Topliss-reactive ketones (excluding diaryl/α,β-unsaturated/α-hetero) is 1. The quantitative estimate of drug-likeness (QED) is 0.399. The number of ketones is 1. The Labute approximate surface area is 150 Å². The zero-order valence-electron chi connectivity index (χ0n) is 14.6. The molecule has 132 valence electrons. The van der Waals surface area contributed by atoms with E-state index in [-0.39, 0.29) is 30.3 Å². The minimum absolute atomic E-state index is 0.0189. The highest BCUT2D eigenvalue weighted by Gasteiger charge is 2.15. The second-order valence-corrected chi connectivity index (χ2v) is 6.13. The summed E-state index contributed by atoms with van der Waals surface area (Å²) in [6.45, 7) is 3.38. The average molecular weight is 350 g/mol. The highest BCUT2D eigenvalue weighted by atomic mass is 16.5. The number of hydrogen-bond acceptors (Lipinski definition) is 5. The van der Waals surface area contributed by atoms with Crippen molar-refractivity contribution in [3.63, 3.8) is 0 Å². The smallest absolute Gasteiger partial charge is 0.347 e. The fourth-order valence-corrected chi connectivity index (χ4v) is 2.72. The van der Waals surface area contributed by atoms with E-state index >= 15 is 0 Å². The molecule has 0 bridgehead atoms. The molecule has 0 atom stereocenters. The molecule has 0 saturated carbocycles. The molecule has 0 aliphatic carbocycles. The van der Waals surface area contributed by atoms with Crippen LogP contribution in [0.15, 0.2) is 57.7 Å². The first kappa shape index (κ1) is 17.6. The Morgan fingerprint density at radius 2 is 1.85 bits per heavy atom. The summed E-state index contributed by atoms with van der Waals surface area (Å²) in [5.41, 5.74) is 2.37. The lowest BCUT2D eigenvalue weighted by Gasteiger charge is -2.06. The lowest BCUT2D eigenvalue weighted by atomic mass is 9.99. The van der Waals surface area contributed by atoms with Gasteiger partial charge in [-0.05, 0) is 41.8 Å². The summed E-state index contributed by atoms with van der Waals surface area (Å²) < 4.78 is 10.3. The van der Waals surface area contributed by atoms with Crippen molar-refractivity contribution in [3.8, 4) is 0 Å². The highest BCUT2D eigenvalue weighted by Crippen LogP contribution is 2.18. The molecular formula is C21H18O5. The molecule has 3 aromatic rings. The van der Waals surface area contributed by atoms with Crippen LogP contribution < -0.4 is 5.63 Å². The molecule has 0 saturated heterocycles. The van der Waals surface area contributed by atoms with Crippen LogP contribution in [0, 0.1) is 6.92 Å². The van der Waals surface area contributed by atoms with Crippen LogP contribution in [-0.2, 0) is 22.6 Å². The number of aryl methyl sites for hydroxylation is 1. The summed E-state index contributed by atoms with van der Waals surface area (Å²) in [6, 6.07) is 14.2. The van der Waals surface area contributed by atoms with E-state index in [0.29, 0.717) is 11.0 Å². The van der Waals surface area contributed by atoms with Crippen molar-refractivity contribution in [1.29, 1.82) is 0 Å². The van der Waals surface area contributed by atoms with E-state index in [9.17, 15) is 14.4 Å². The van der Waals surface area contributed by atoms with Crippen molar-refractivity contribution in [2.24, 2.45) is 0 Å². The van der Waals surface area contributed by atoms with Crippen molar-refractivity contribution < 1.29 is 18.7 Å². The highest BCUT2D eigenvalue weighted by molar-refractivity contribution is 5.99. The van der Waals surface area contributed by atoms with E-state index in [1.165, 1.54) is 6.92 Å². The van der Waals surface area contributed by atoms with Gasteiger partial charge in [0.15, 0.2) is 5.78 Å². The Balaban J connectivity index is 1.93. The minimum atomic E-state index is -0.649. The van der Waals surface area contributed by atoms with Crippen LogP contribution in [0.25, 0.3) is 11.0 Å². The molecule has 5 nitrogen and oxygen atoms in total. The summed E-state index contributed by atoms with van der Waals surface area (Å²) in [5, 5.41) is 0.613. The maximum atomic E-state index is 12.6. The Morgan fingerprint density at radius 3 is 2.58 bits per heavy atom. The van der Waals surface area contributed by atoms with Crippen molar-refractivity contribution in [1.82, 2.24) is 0 Å². The predicted octanol–water partition coefficient (Wildman–Crippen LogP) is 3.59. The fraction of sp³-hybridized carbons (Fsp3) is 0.190. The van der Waals surface area contributed by atoms with E-state index in [1.807, 2.05) is 31.2 Å². The second-order valence-electron chi connectivity index (χ2n) is 6.13. The van der Waals surface area contributed by atoms with Gasteiger partial charge in [0.25, 0.3) is 0 Å². The molecule has 0 N–H and O–H groups in total. The van der Waals surface area contributed by atoms with Crippen LogP contribution >= 0.6 is 0 Å². The molecule has 0 unspecified atom stereocenters. The molecule has 0 radical (unpaired) electrons. The Kier molecular flexibility index (Phi) is 4.98. The first-order valence-electron chi connectivity index (χ1n) is 8.22. The number of carbonyl (C=O) groups is 2. The van der Waals surface area contributed by atoms with Gasteiger partial charge in [-0.25, -0.2) is 4.79 Å². The summed E-state index contributed by atoms with van der Waals surface area (Å²) in [6.07, 6.45) is 0.135. The van der Waals surface area contributed by atoms with Gasteiger partial charge in [-0.3, -0.25) is 9.59 Å². The molecule has 0 fully saturated rings. The van der Waals surface area contributed by atoms with E-state index in [4.69, 9.17) is 9.15 Å². The molecule has 0 amide bonds. The third-order valence-corrected chi connectivity index (χ3v) is 4.15. The van der Waals surface area contributed by atoms with Crippen LogP contribution in [0.2, 0.25) is 0 Å². The molecule has 1 aromatic heterocycles. The van der Waals surface area contributed by atoms with Gasteiger partial charge in [0.2, 0.25) is 0 Å². The van der Waals surface area contributed by atoms with E-state index < -0.39 is 5.63 Å². The van der Waals surface area contributed by atoms with E-state index in [1.54, 1.807) is 24.3 Å². The van der Waals surface area contributed by atoms with Crippen molar-refractivity contribution in [2.45, 2.75) is 26.9 Å². The molecule has 3 rings (SSSR count). The number of rotatable bonds is 5. The number of fused-ring (bicyclic) bond motifs is 1. The van der Waals surface area contributed by atoms with Gasteiger partial charge in [0.1, 0.15) is 17.8 Å². The van der Waals surface area contributed by atoms with Crippen LogP contribution in [0.3, 0.4) is 0 Å². The first-order chi connectivity index (χ1) is 12.4. The largest absolute Gasteiger partial charge is 0.461 e. The van der Waals surface area contributed by atoms with Crippen molar-refractivity contribution in [3.05, 3.63) is 81.2 Å². The zero-order chi connectivity index (χ0) is 18.7. The van der Waals surface area contributed by atoms with Gasteiger partial charge in [-0.2, -0.15) is 0 Å². The van der Waals surface area contributed by atoms with Gasteiger partial charge >= 0.3 is 11.6 Å². The summed E-state index contributed by atoms with van der Waals surface area (Å²) >= 11 is 0. The minimum Gasteiger partial charge on any atom is -0.461 e. The van der Waals surface area contributed by atoms with Crippen LogP contribution in [-0.4, -0.2) is 11.8 Å². The van der Waals surface area contributed by atoms with Gasteiger partial charge in [-0.1, -0.05) is 30.3 Å². The number of benzene rings is 2. The first-order valence-corrected chi connectivity index (χ1v) is 8.22. The fourth-order valence-electron chi connectivity index (χ4n) is 2.72. The van der Waals surface area contributed by atoms with E-state index in [2.05, 4.69) is 0 Å². The molecule has 5 heteroatoms. The lowest BCUT2D eigenvalue weighted by molar-refractivity contribution is -0.142. The van der Waals surface area contributed by atoms with Crippen LogP contribution in [0.1, 0.15) is 34.0 Å². The topological polar surface area (TPSA) is 73.6 Å². The predicted molar refractivity (Wildman–Crippen MR) is 97.2 cm³/mol. The molecular weight excluding hydrogens is 332 g/mol. The average Bonchev–Trinajstić information content (AvgIpc) is 2.61. The molecule has 26 heavy (non-hydrogen) atoms. The Bertz CT molecular complexity index is 1050. The zero-order valence-corrected chi connectivity index (χ0v) is 14.6. The standard InChI is InChI=1S/C21H18O5/c1-13-5-3-4-6-16(13)11-19(23)18-10-17-9-15(12-25-14(2)22)7-8-20(17)26-21(18)24/h3-10H,11-12H2,1-2H3. The van der Waals surface area contributed by atoms with E-state index in [0.717, 1.165) is 16.7 Å². The molecule has 0 aliphatic rings. The number of hydrogen-bond donors (Lipinski definition) is 0. The summed E-state index contributed by atoms with van der Waals surface area (Å²) in [4.78, 5) is 35.7. The Morgan fingerprint density at radius 1 is 1.08 bits per heavy atom. The SMILES string of the molecule is CC(=O)OCc1ccc2oc(=O)c(C(=O)Cc3ccccc3C)cc2c1. The Hall–Kier alpha value is -3.21. The van der Waals surface area contributed by atoms with Crippen molar-refractivity contribution in [2.75, 3.05) is 0 Å². The van der Waals surface area contributed by atoms with Crippen LogP contribution in [0.4, 0.5) is 0 Å². The van der Waals surface area contributed by atoms with Gasteiger partial charge in [0.05, 0.1) is 0 Å². The normalized spacial score (nSPS) is 10.7. The second kappa shape index (κ2) is 7.35. The number of ether oxygens (including phenoxy) is 1. The van der Waals surface area contributed by atoms with Crippen molar-refractivity contribution >= 4 is 22.7 Å². The third kappa shape index (κ3) is 3.88. The van der Waals surface area contributed by atoms with Gasteiger partial charge in [0, 0.05) is 18.7 Å². The molecule has 0 spiro atoms. The monoisotopic (exact) mass is 350 g/mol. The lowest BCUT2D eigenvalue weighted by Crippen LogP contribution is -2.16. The van der Waals surface area contributed by atoms with Gasteiger partial charge < -0.3 is 9.15 Å². The number of esters is 1. The summed E-state index contributed by atoms with van der Waals surface area (Å²) in [7, 11) is 0. The summed E-state index contributed by atoms with van der Waals surface area (Å²) in [5.74, 6) is -0.667. The maximum absolute atomic E-state index is 12.6. The maximum Gasteiger partial charge on any atom is 0.347 e. The molecule has 2 aromatic carbocycles. The molecule has 0 aliphatic heterocycles. The van der Waals surface area contributed by atoms with Gasteiger partial charge in [-0.15, -0.1) is 0 Å².